The van der Waals surface area contributed by atoms with Crippen LogP contribution in [0.5, 0.6) is 0 Å². The van der Waals surface area contributed by atoms with E-state index in [4.69, 9.17) is 0 Å². The summed E-state index contributed by atoms with van der Waals surface area (Å²) in [5, 5.41) is 5.30. The Morgan fingerprint density at radius 1 is 1.04 bits per heavy atom. The molecule has 26 heavy (non-hydrogen) atoms. The van der Waals surface area contributed by atoms with Crippen LogP contribution in [0.25, 0.3) is 0 Å². The summed E-state index contributed by atoms with van der Waals surface area (Å²) in [6.07, 6.45) is 1.75. The van der Waals surface area contributed by atoms with Crippen LogP contribution in [0.2, 0.25) is 0 Å². The normalized spacial score (nSPS) is 15.4. The molecule has 0 aliphatic carbocycles. The number of carbonyl (C=O) groups excluding carboxylic acids is 2. The van der Waals surface area contributed by atoms with Gasteiger partial charge in [-0.1, -0.05) is 46.3 Å². The van der Waals surface area contributed by atoms with Crippen molar-refractivity contribution in [3.05, 3.63) is 70.2 Å². The number of halogens is 1. The molecule has 1 heterocycles. The number of benzene rings is 2. The van der Waals surface area contributed by atoms with E-state index < -0.39 is 6.03 Å². The Morgan fingerprint density at radius 3 is 2.46 bits per heavy atom. The van der Waals surface area contributed by atoms with Crippen molar-refractivity contribution in [1.82, 2.24) is 15.5 Å². The summed E-state index contributed by atoms with van der Waals surface area (Å²) in [6.45, 7) is 2.75. The molecule has 3 amide bonds. The Hall–Kier alpha value is -2.18. The van der Waals surface area contributed by atoms with Crippen LogP contribution in [-0.4, -0.2) is 36.0 Å². The predicted octanol–water partition coefficient (Wildman–Crippen LogP) is 3.55. The highest BCUT2D eigenvalue weighted by Gasteiger charge is 2.21. The van der Waals surface area contributed by atoms with E-state index in [9.17, 15) is 9.59 Å². The predicted molar refractivity (Wildman–Crippen MR) is 105 cm³/mol. The lowest BCUT2D eigenvalue weighted by atomic mass is 10.0. The molecule has 2 N–H and O–H groups in total. The first-order valence-corrected chi connectivity index (χ1v) is 9.53. The average molecular weight is 416 g/mol. The number of hydrogen-bond donors (Lipinski definition) is 2. The quantitative estimate of drug-likeness (QED) is 0.802. The van der Waals surface area contributed by atoms with Gasteiger partial charge < -0.3 is 5.32 Å². The number of nitrogens with zero attached hydrogens (tertiary/aromatic N) is 1. The molecule has 1 aliphatic rings. The fourth-order valence-corrected chi connectivity index (χ4v) is 3.56. The second-order valence-electron chi connectivity index (χ2n) is 6.47. The molecule has 1 saturated heterocycles. The zero-order valence-electron chi connectivity index (χ0n) is 14.5. The van der Waals surface area contributed by atoms with Gasteiger partial charge in [0, 0.05) is 35.7 Å². The van der Waals surface area contributed by atoms with Crippen molar-refractivity contribution in [1.29, 1.82) is 0 Å². The number of rotatable bonds is 4. The zero-order valence-corrected chi connectivity index (χ0v) is 16.0. The smallest absolute Gasteiger partial charge is 0.321 e. The minimum Gasteiger partial charge on any atom is -0.335 e. The van der Waals surface area contributed by atoms with E-state index in [1.54, 1.807) is 24.3 Å². The fraction of sp³-hybridized carbons (Fsp3) is 0.300. The minimum atomic E-state index is -0.427. The van der Waals surface area contributed by atoms with E-state index in [-0.39, 0.29) is 11.9 Å². The van der Waals surface area contributed by atoms with Gasteiger partial charge in [-0.05, 0) is 42.7 Å². The number of hydrogen-bond acceptors (Lipinski definition) is 3. The van der Waals surface area contributed by atoms with Crippen molar-refractivity contribution in [2.24, 2.45) is 0 Å². The number of amides is 3. The lowest BCUT2D eigenvalue weighted by Gasteiger charge is -2.32. The Kier molecular flexibility index (Phi) is 6.41. The second-order valence-corrected chi connectivity index (χ2v) is 7.39. The van der Waals surface area contributed by atoms with Crippen LogP contribution >= 0.6 is 15.9 Å². The molecule has 0 unspecified atom stereocenters. The molecule has 136 valence electrons. The Bertz CT molecular complexity index is 759. The summed E-state index contributed by atoms with van der Waals surface area (Å²) in [5.41, 5.74) is 1.75. The molecule has 0 aromatic heterocycles. The van der Waals surface area contributed by atoms with Gasteiger partial charge in [-0.15, -0.1) is 0 Å². The third kappa shape index (κ3) is 5.41. The Morgan fingerprint density at radius 2 is 1.77 bits per heavy atom. The highest BCUT2D eigenvalue weighted by atomic mass is 79.9. The van der Waals surface area contributed by atoms with Gasteiger partial charge in [0.15, 0.2) is 0 Å². The number of nitrogens with one attached hydrogen (secondary N) is 2. The van der Waals surface area contributed by atoms with Crippen LogP contribution in [0, 0.1) is 0 Å². The van der Waals surface area contributed by atoms with Crippen molar-refractivity contribution in [2.75, 3.05) is 13.1 Å². The third-order valence-corrected chi connectivity index (χ3v) is 4.97. The molecular formula is C20H22BrN3O2. The summed E-state index contributed by atoms with van der Waals surface area (Å²) >= 11 is 3.50. The fourth-order valence-electron chi connectivity index (χ4n) is 3.12. The van der Waals surface area contributed by atoms with E-state index >= 15 is 0 Å². The monoisotopic (exact) mass is 415 g/mol. The molecule has 6 heteroatoms. The van der Waals surface area contributed by atoms with E-state index in [1.165, 1.54) is 5.56 Å². The van der Waals surface area contributed by atoms with Crippen molar-refractivity contribution >= 4 is 27.9 Å². The van der Waals surface area contributed by atoms with Gasteiger partial charge in [0.1, 0.15) is 0 Å². The second kappa shape index (κ2) is 8.96. The Balaban J connectivity index is 1.42. The first-order valence-electron chi connectivity index (χ1n) is 8.74. The number of likely N-dealkylation sites (tertiary alicyclic amines) is 1. The van der Waals surface area contributed by atoms with Gasteiger partial charge in [0.25, 0.3) is 5.91 Å². The number of imide groups is 1. The molecule has 2 aromatic carbocycles. The van der Waals surface area contributed by atoms with Crippen molar-refractivity contribution in [3.8, 4) is 0 Å². The standard InChI is InChI=1S/C20H22BrN3O2/c21-17-8-4-5-15(13-17)14-24-11-9-18(10-12-24)22-20(26)23-19(25)16-6-2-1-3-7-16/h1-8,13,18H,9-12,14H2,(H2,22,23,25,26). The topological polar surface area (TPSA) is 61.4 Å². The zero-order chi connectivity index (χ0) is 18.4. The summed E-state index contributed by atoms with van der Waals surface area (Å²) in [7, 11) is 0. The van der Waals surface area contributed by atoms with Gasteiger partial charge >= 0.3 is 6.03 Å². The van der Waals surface area contributed by atoms with Gasteiger partial charge in [-0.2, -0.15) is 0 Å². The van der Waals surface area contributed by atoms with Gasteiger partial charge in [-0.25, -0.2) is 4.79 Å². The molecule has 5 nitrogen and oxygen atoms in total. The average Bonchev–Trinajstić information content (AvgIpc) is 2.64. The van der Waals surface area contributed by atoms with E-state index in [2.05, 4.69) is 43.6 Å². The maximum Gasteiger partial charge on any atom is 0.321 e. The molecule has 0 spiro atoms. The first-order chi connectivity index (χ1) is 12.6. The molecule has 0 saturated carbocycles. The molecule has 0 atom stereocenters. The summed E-state index contributed by atoms with van der Waals surface area (Å²) in [5.74, 6) is -0.379. The minimum absolute atomic E-state index is 0.0948. The van der Waals surface area contributed by atoms with Crippen LogP contribution in [0.15, 0.2) is 59.1 Å². The lowest BCUT2D eigenvalue weighted by molar-refractivity contribution is 0.0962. The number of piperidine rings is 1. The maximum atomic E-state index is 12.0. The van der Waals surface area contributed by atoms with Crippen molar-refractivity contribution < 1.29 is 9.59 Å². The van der Waals surface area contributed by atoms with E-state index in [1.807, 2.05) is 18.2 Å². The van der Waals surface area contributed by atoms with E-state index in [0.29, 0.717) is 5.56 Å². The van der Waals surface area contributed by atoms with Crippen LogP contribution in [0.1, 0.15) is 28.8 Å². The van der Waals surface area contributed by atoms with Gasteiger partial charge in [0.05, 0.1) is 0 Å². The largest absolute Gasteiger partial charge is 0.335 e. The van der Waals surface area contributed by atoms with Crippen molar-refractivity contribution in [2.45, 2.75) is 25.4 Å². The van der Waals surface area contributed by atoms with Crippen LogP contribution in [0.4, 0.5) is 4.79 Å². The highest BCUT2D eigenvalue weighted by Crippen LogP contribution is 2.17. The van der Waals surface area contributed by atoms with E-state index in [0.717, 1.165) is 36.9 Å². The SMILES string of the molecule is O=C(NC(=O)c1ccccc1)NC1CCN(Cc2cccc(Br)c2)CC1. The molecule has 0 radical (unpaired) electrons. The number of carbonyl (C=O) groups is 2. The Labute approximate surface area is 161 Å². The molecule has 1 aliphatic heterocycles. The highest BCUT2D eigenvalue weighted by molar-refractivity contribution is 9.10. The lowest BCUT2D eigenvalue weighted by Crippen LogP contribution is -2.49. The molecular weight excluding hydrogens is 394 g/mol. The summed E-state index contributed by atoms with van der Waals surface area (Å²) in [6, 6.07) is 16.7. The molecule has 0 bridgehead atoms. The van der Waals surface area contributed by atoms with Gasteiger partial charge in [-0.3, -0.25) is 15.0 Å². The molecule has 3 rings (SSSR count). The first kappa shape index (κ1) is 18.6. The van der Waals surface area contributed by atoms with Crippen LogP contribution in [0.3, 0.4) is 0 Å². The van der Waals surface area contributed by atoms with Gasteiger partial charge in [0.2, 0.25) is 0 Å². The summed E-state index contributed by atoms with van der Waals surface area (Å²) < 4.78 is 1.09. The number of urea groups is 1. The maximum absolute atomic E-state index is 12.0. The summed E-state index contributed by atoms with van der Waals surface area (Å²) in [4.78, 5) is 26.4. The molecule has 1 fully saturated rings. The third-order valence-electron chi connectivity index (χ3n) is 4.48. The van der Waals surface area contributed by atoms with Crippen LogP contribution < -0.4 is 10.6 Å². The van der Waals surface area contributed by atoms with Crippen molar-refractivity contribution in [3.63, 3.8) is 0 Å². The molecule has 2 aromatic rings. The van der Waals surface area contributed by atoms with Crippen LogP contribution in [-0.2, 0) is 6.54 Å².